The van der Waals surface area contributed by atoms with Crippen molar-refractivity contribution in [3.63, 3.8) is 0 Å². The summed E-state index contributed by atoms with van der Waals surface area (Å²) >= 11 is 6.00. The monoisotopic (exact) mass is 345 g/mol. The summed E-state index contributed by atoms with van der Waals surface area (Å²) in [5.74, 6) is -2.45. The Morgan fingerprint density at radius 2 is 1.71 bits per heavy atom. The van der Waals surface area contributed by atoms with E-state index in [1.165, 1.54) is 19.1 Å². The fourth-order valence-corrected chi connectivity index (χ4v) is 2.26. The Morgan fingerprint density at radius 1 is 1.08 bits per heavy atom. The van der Waals surface area contributed by atoms with Gasteiger partial charge in [-0.1, -0.05) is 29.8 Å². The summed E-state index contributed by atoms with van der Waals surface area (Å²) in [5.41, 5.74) is 7.01. The Morgan fingerprint density at radius 3 is 2.29 bits per heavy atom. The fraction of sp³-hybridized carbons (Fsp3) is 0.118. The first-order valence-electron chi connectivity index (χ1n) is 7.12. The molecule has 7 heteroatoms. The minimum absolute atomic E-state index is 0.0811. The van der Waals surface area contributed by atoms with Crippen molar-refractivity contribution in [2.45, 2.75) is 13.5 Å². The number of nitrogens with two attached hydrogens (primary N) is 1. The zero-order chi connectivity index (χ0) is 17.7. The quantitative estimate of drug-likeness (QED) is 0.658. The van der Waals surface area contributed by atoms with E-state index in [0.717, 1.165) is 4.90 Å². The average Bonchev–Trinajstić information content (AvgIpc) is 2.55. The van der Waals surface area contributed by atoms with Crippen LogP contribution in [-0.4, -0.2) is 17.7 Å². The van der Waals surface area contributed by atoms with Gasteiger partial charge in [0.1, 0.15) is 0 Å². The van der Waals surface area contributed by atoms with Crippen LogP contribution in [-0.2, 0) is 20.9 Å². The number of carbonyl (C=O) groups is 3. The number of amides is 3. The van der Waals surface area contributed by atoms with Crippen molar-refractivity contribution in [3.8, 4) is 0 Å². The zero-order valence-corrected chi connectivity index (χ0v) is 13.7. The highest BCUT2D eigenvalue weighted by Crippen LogP contribution is 2.17. The van der Waals surface area contributed by atoms with Gasteiger partial charge in [-0.15, -0.1) is 0 Å². The van der Waals surface area contributed by atoms with Gasteiger partial charge in [0.2, 0.25) is 5.91 Å². The SMILES string of the molecule is CC(=O)N(C(=O)C(=O)NCc1ccccc1Cl)c1ccc(N)cc1. The molecule has 2 aromatic carbocycles. The van der Waals surface area contributed by atoms with Crippen molar-refractivity contribution < 1.29 is 14.4 Å². The molecule has 6 nitrogen and oxygen atoms in total. The molecule has 0 spiro atoms. The smallest absolute Gasteiger partial charge is 0.323 e. The molecular weight excluding hydrogens is 330 g/mol. The van der Waals surface area contributed by atoms with Gasteiger partial charge in [-0.05, 0) is 35.9 Å². The largest absolute Gasteiger partial charge is 0.399 e. The predicted molar refractivity (Wildman–Crippen MR) is 92.3 cm³/mol. The lowest BCUT2D eigenvalue weighted by Crippen LogP contribution is -2.45. The average molecular weight is 346 g/mol. The Hall–Kier alpha value is -2.86. The van der Waals surface area contributed by atoms with Crippen molar-refractivity contribution in [2.24, 2.45) is 0 Å². The maximum Gasteiger partial charge on any atom is 0.323 e. The van der Waals surface area contributed by atoms with Crippen molar-refractivity contribution in [1.82, 2.24) is 5.32 Å². The zero-order valence-electron chi connectivity index (χ0n) is 13.0. The van der Waals surface area contributed by atoms with Gasteiger partial charge in [0.05, 0.1) is 5.69 Å². The molecule has 2 rings (SSSR count). The van der Waals surface area contributed by atoms with E-state index in [-0.39, 0.29) is 12.2 Å². The molecule has 0 aliphatic heterocycles. The van der Waals surface area contributed by atoms with Crippen LogP contribution in [0.15, 0.2) is 48.5 Å². The lowest BCUT2D eigenvalue weighted by Gasteiger charge is -2.19. The third-order valence-corrected chi connectivity index (χ3v) is 3.63. The summed E-state index contributed by atoms with van der Waals surface area (Å²) in [6, 6.07) is 13.0. The molecule has 0 saturated carbocycles. The molecule has 0 aliphatic carbocycles. The maximum atomic E-state index is 12.3. The van der Waals surface area contributed by atoms with E-state index in [2.05, 4.69) is 5.32 Å². The summed E-state index contributed by atoms with van der Waals surface area (Å²) in [7, 11) is 0. The molecule has 0 radical (unpaired) electrons. The van der Waals surface area contributed by atoms with E-state index in [0.29, 0.717) is 16.3 Å². The van der Waals surface area contributed by atoms with Crippen LogP contribution in [0.2, 0.25) is 5.02 Å². The molecule has 0 bridgehead atoms. The van der Waals surface area contributed by atoms with E-state index in [1.807, 2.05) is 0 Å². The van der Waals surface area contributed by atoms with E-state index in [4.69, 9.17) is 17.3 Å². The van der Waals surface area contributed by atoms with E-state index >= 15 is 0 Å². The van der Waals surface area contributed by atoms with E-state index in [1.54, 1.807) is 36.4 Å². The number of halogens is 1. The molecule has 3 N–H and O–H groups in total. The number of hydrogen-bond donors (Lipinski definition) is 2. The van der Waals surface area contributed by atoms with Gasteiger partial charge < -0.3 is 11.1 Å². The second kappa shape index (κ2) is 7.61. The van der Waals surface area contributed by atoms with Gasteiger partial charge in [0.15, 0.2) is 0 Å². The van der Waals surface area contributed by atoms with Crippen molar-refractivity contribution in [3.05, 3.63) is 59.1 Å². The first kappa shape index (κ1) is 17.5. The van der Waals surface area contributed by atoms with Gasteiger partial charge in [0.25, 0.3) is 0 Å². The minimum atomic E-state index is -0.973. The fourth-order valence-electron chi connectivity index (χ4n) is 2.06. The van der Waals surface area contributed by atoms with Gasteiger partial charge in [0, 0.05) is 24.2 Å². The van der Waals surface area contributed by atoms with Crippen molar-refractivity contribution in [1.29, 1.82) is 0 Å². The standard InChI is InChI=1S/C17H16ClN3O3/c1-11(22)21(14-8-6-13(19)7-9-14)17(24)16(23)20-10-12-4-2-3-5-15(12)18/h2-9H,10,19H2,1H3,(H,20,23). The van der Waals surface area contributed by atoms with Crippen LogP contribution in [0.25, 0.3) is 0 Å². The lowest BCUT2D eigenvalue weighted by atomic mass is 10.2. The molecule has 0 saturated heterocycles. The van der Waals surface area contributed by atoms with Crippen molar-refractivity contribution >= 4 is 40.7 Å². The Balaban J connectivity index is 2.12. The van der Waals surface area contributed by atoms with Crippen LogP contribution in [0, 0.1) is 0 Å². The van der Waals surface area contributed by atoms with Crippen LogP contribution in [0.4, 0.5) is 11.4 Å². The molecular formula is C17H16ClN3O3. The van der Waals surface area contributed by atoms with Crippen molar-refractivity contribution in [2.75, 3.05) is 10.6 Å². The van der Waals surface area contributed by atoms with Crippen LogP contribution < -0.4 is 16.0 Å². The third-order valence-electron chi connectivity index (χ3n) is 3.26. The number of nitrogen functional groups attached to an aromatic ring is 1. The molecule has 0 heterocycles. The maximum absolute atomic E-state index is 12.3. The molecule has 124 valence electrons. The predicted octanol–water partition coefficient (Wildman–Crippen LogP) is 2.12. The topological polar surface area (TPSA) is 92.5 Å². The number of hydrogen-bond acceptors (Lipinski definition) is 4. The number of rotatable bonds is 3. The number of nitrogens with one attached hydrogen (secondary N) is 1. The normalized spacial score (nSPS) is 10.1. The lowest BCUT2D eigenvalue weighted by molar-refractivity contribution is -0.139. The highest BCUT2D eigenvalue weighted by molar-refractivity contribution is 6.45. The Kier molecular flexibility index (Phi) is 5.55. The second-order valence-corrected chi connectivity index (χ2v) is 5.43. The van der Waals surface area contributed by atoms with Gasteiger partial charge in [-0.2, -0.15) is 0 Å². The van der Waals surface area contributed by atoms with Crippen LogP contribution in [0.1, 0.15) is 12.5 Å². The van der Waals surface area contributed by atoms with E-state index in [9.17, 15) is 14.4 Å². The number of carbonyl (C=O) groups excluding carboxylic acids is 3. The number of imide groups is 1. The summed E-state index contributed by atoms with van der Waals surface area (Å²) in [5, 5.41) is 2.94. The molecule has 0 aliphatic rings. The molecule has 2 aromatic rings. The van der Waals surface area contributed by atoms with Crippen LogP contribution in [0.3, 0.4) is 0 Å². The van der Waals surface area contributed by atoms with Gasteiger partial charge in [-0.25, -0.2) is 4.90 Å². The highest BCUT2D eigenvalue weighted by Gasteiger charge is 2.26. The number of anilines is 2. The molecule has 0 unspecified atom stereocenters. The van der Waals surface area contributed by atoms with Crippen LogP contribution in [0.5, 0.6) is 0 Å². The summed E-state index contributed by atoms with van der Waals surface area (Å²) in [6.07, 6.45) is 0. The summed E-state index contributed by atoms with van der Waals surface area (Å²) in [6.45, 7) is 1.29. The number of benzene rings is 2. The van der Waals surface area contributed by atoms with Crippen LogP contribution >= 0.6 is 11.6 Å². The second-order valence-electron chi connectivity index (χ2n) is 5.03. The molecule has 0 aromatic heterocycles. The summed E-state index contributed by atoms with van der Waals surface area (Å²) < 4.78 is 0. The highest BCUT2D eigenvalue weighted by atomic mass is 35.5. The van der Waals surface area contributed by atoms with Gasteiger partial charge >= 0.3 is 11.8 Å². The first-order chi connectivity index (χ1) is 11.4. The minimum Gasteiger partial charge on any atom is -0.399 e. The molecule has 0 fully saturated rings. The molecule has 24 heavy (non-hydrogen) atoms. The molecule has 0 atom stereocenters. The van der Waals surface area contributed by atoms with E-state index < -0.39 is 17.7 Å². The summed E-state index contributed by atoms with van der Waals surface area (Å²) in [4.78, 5) is 37.0. The Bertz CT molecular complexity index is 775. The Labute approximate surface area is 144 Å². The van der Waals surface area contributed by atoms with Gasteiger partial charge in [-0.3, -0.25) is 14.4 Å². The third kappa shape index (κ3) is 4.11. The number of nitrogens with zero attached hydrogens (tertiary/aromatic N) is 1. The first-order valence-corrected chi connectivity index (χ1v) is 7.49. The molecule has 3 amide bonds.